The van der Waals surface area contributed by atoms with Gasteiger partial charge in [-0.2, -0.15) is 0 Å². The second-order valence-electron chi connectivity index (χ2n) is 18.6. The summed E-state index contributed by atoms with van der Waals surface area (Å²) in [5, 5.41) is 18.9. The van der Waals surface area contributed by atoms with Gasteiger partial charge in [-0.05, 0) is 92.7 Å². The van der Waals surface area contributed by atoms with Crippen LogP contribution in [-0.4, -0.2) is 224 Å². The molecule has 3 amide bonds. The Bertz CT molecular complexity index is 1680. The van der Waals surface area contributed by atoms with Crippen molar-refractivity contribution in [3.05, 3.63) is 0 Å². The largest absolute Gasteiger partial charge is 0.479 e. The fraction of sp³-hybridized carbons (Fsp3) is 0.860. The maximum absolute atomic E-state index is 14.7. The Morgan fingerprint density at radius 3 is 1.23 bits per heavy atom. The number of aliphatic hydroxyl groups is 1. The summed E-state index contributed by atoms with van der Waals surface area (Å²) in [5.74, 6) is -2.53. The Morgan fingerprint density at radius 2 is 0.849 bits per heavy atom. The lowest BCUT2D eigenvalue weighted by atomic mass is 9.91. The van der Waals surface area contributed by atoms with Gasteiger partial charge in [0, 0.05) is 136 Å². The molecule has 6 aliphatic rings. The number of amides is 3. The maximum atomic E-state index is 14.7. The molecule has 0 bridgehead atoms. The number of likely N-dealkylation sites (tertiary alicyclic amines) is 5. The molecular weight excluding hydrogens is 966 g/mol. The average Bonchev–Trinajstić information content (AvgIpc) is 3.89. The van der Waals surface area contributed by atoms with Crippen molar-refractivity contribution in [2.24, 2.45) is 0 Å². The molecule has 20 nitrogen and oxygen atoms in total. The Labute approximate surface area is 430 Å². The van der Waals surface area contributed by atoms with Crippen molar-refractivity contribution in [1.29, 1.82) is 0 Å². The highest BCUT2D eigenvalue weighted by atomic mass is 19.2. The van der Waals surface area contributed by atoms with Crippen molar-refractivity contribution in [3.63, 3.8) is 0 Å². The van der Waals surface area contributed by atoms with E-state index in [-0.39, 0.29) is 81.8 Å². The van der Waals surface area contributed by atoms with E-state index < -0.39 is 34.9 Å². The molecule has 6 heterocycles. The Balaban J connectivity index is 0.000000343. The zero-order chi connectivity index (χ0) is 54.5. The molecule has 422 valence electrons. The van der Waals surface area contributed by atoms with Gasteiger partial charge < -0.3 is 63.7 Å². The SMILES string of the molecule is CCOC(=O)C1(F)CCNCC1.CCOC(=O)N1CCCC(=O)CC1.CCOC(=O)N1CCCC(N2CCC(F)(C(=O)O)CC2)CC1.CCOC(=O)N1CCCC(N2CCC(F)(C(=O)OCC)CC2)CC1.CO. The quantitative estimate of drug-likeness (QED) is 0.176. The van der Waals surface area contributed by atoms with Crippen LogP contribution in [0.1, 0.15) is 131 Å². The first-order valence-electron chi connectivity index (χ1n) is 26.4. The van der Waals surface area contributed by atoms with Crippen LogP contribution in [0, 0.1) is 0 Å². The molecule has 73 heavy (non-hydrogen) atoms. The van der Waals surface area contributed by atoms with Gasteiger partial charge in [0.25, 0.3) is 0 Å². The van der Waals surface area contributed by atoms with Gasteiger partial charge in [-0.25, -0.2) is 41.9 Å². The molecule has 0 aliphatic carbocycles. The van der Waals surface area contributed by atoms with E-state index in [1.54, 1.807) is 49.3 Å². The number of piperidine rings is 3. The average molecular weight is 1050 g/mol. The van der Waals surface area contributed by atoms with Gasteiger partial charge in [0.2, 0.25) is 17.0 Å². The van der Waals surface area contributed by atoms with Crippen LogP contribution in [0.2, 0.25) is 0 Å². The zero-order valence-electron chi connectivity index (χ0n) is 44.4. The third kappa shape index (κ3) is 21.7. The highest BCUT2D eigenvalue weighted by Crippen LogP contribution is 2.32. The van der Waals surface area contributed by atoms with Crippen molar-refractivity contribution in [2.45, 2.75) is 160 Å². The number of Topliss-reactive ketones (excluding diaryl/α,β-unsaturated/α-hetero) is 1. The number of alkyl halides is 3. The van der Waals surface area contributed by atoms with Crippen LogP contribution in [0.25, 0.3) is 0 Å². The molecule has 0 aromatic heterocycles. The van der Waals surface area contributed by atoms with E-state index in [0.717, 1.165) is 52.1 Å². The molecule has 2 unspecified atom stereocenters. The van der Waals surface area contributed by atoms with Crippen molar-refractivity contribution in [2.75, 3.05) is 119 Å². The number of aliphatic hydroxyl groups excluding tert-OH is 1. The number of nitrogens with zero attached hydrogens (tertiary/aromatic N) is 5. The molecule has 6 rings (SSSR count). The first-order valence-corrected chi connectivity index (χ1v) is 26.4. The van der Waals surface area contributed by atoms with E-state index in [4.69, 9.17) is 29.2 Å². The highest BCUT2D eigenvalue weighted by Gasteiger charge is 2.45. The number of rotatable bonds is 10. The third-order valence-electron chi connectivity index (χ3n) is 13.8. The van der Waals surface area contributed by atoms with E-state index in [9.17, 15) is 46.7 Å². The van der Waals surface area contributed by atoms with Crippen LogP contribution in [0.5, 0.6) is 0 Å². The predicted molar refractivity (Wildman–Crippen MR) is 264 cm³/mol. The highest BCUT2D eigenvalue weighted by molar-refractivity contribution is 5.81. The molecule has 0 aromatic rings. The zero-order valence-corrected chi connectivity index (χ0v) is 44.4. The van der Waals surface area contributed by atoms with Crippen LogP contribution in [0.15, 0.2) is 0 Å². The lowest BCUT2D eigenvalue weighted by molar-refractivity contribution is -0.161. The fourth-order valence-corrected chi connectivity index (χ4v) is 9.50. The number of nitrogens with one attached hydrogen (secondary N) is 1. The molecule has 0 radical (unpaired) electrons. The van der Waals surface area contributed by atoms with Gasteiger partial charge >= 0.3 is 36.2 Å². The molecule has 6 saturated heterocycles. The second kappa shape index (κ2) is 34.2. The second-order valence-corrected chi connectivity index (χ2v) is 18.6. The number of ether oxygens (including phenoxy) is 5. The number of carboxylic acids is 1. The summed E-state index contributed by atoms with van der Waals surface area (Å²) in [6.07, 6.45) is 7.34. The van der Waals surface area contributed by atoms with Gasteiger partial charge in [-0.3, -0.25) is 4.79 Å². The van der Waals surface area contributed by atoms with Crippen LogP contribution in [-0.2, 0) is 42.9 Å². The fourth-order valence-electron chi connectivity index (χ4n) is 9.50. The number of carbonyl (C=O) groups is 7. The molecule has 2 atom stereocenters. The number of carboxylic acid groups (broad SMARTS) is 1. The summed E-state index contributed by atoms with van der Waals surface area (Å²) in [7, 11) is 1.00. The Kier molecular flexibility index (Phi) is 30.2. The lowest BCUT2D eigenvalue weighted by Crippen LogP contribution is -2.50. The molecule has 0 aromatic carbocycles. The number of carbonyl (C=O) groups excluding carboxylic acids is 6. The van der Waals surface area contributed by atoms with Gasteiger partial charge in [0.1, 0.15) is 5.78 Å². The van der Waals surface area contributed by atoms with Gasteiger partial charge in [-0.1, -0.05) is 0 Å². The van der Waals surface area contributed by atoms with Crippen molar-refractivity contribution < 1.29 is 80.6 Å². The van der Waals surface area contributed by atoms with E-state index >= 15 is 0 Å². The van der Waals surface area contributed by atoms with E-state index in [1.807, 2.05) is 0 Å². The van der Waals surface area contributed by atoms with Crippen molar-refractivity contribution >= 4 is 42.0 Å². The molecular formula is C50H87F3N6O14. The van der Waals surface area contributed by atoms with Crippen LogP contribution in [0.3, 0.4) is 0 Å². The third-order valence-corrected chi connectivity index (χ3v) is 13.8. The standard InChI is InChI=1S/C17H29FN2O4.C15H25FN2O4.C9H15NO3.C8H14FNO2.CH4O/c1-3-23-15(21)17(18)8-12-19(13-9-17)14-6-5-10-20(11-7-14)16(22)24-4-2;1-2-22-14(21)18-8-3-4-12(5-9-18)17-10-6-15(16,7-11-17)13(19)20;1-2-13-9(12)10-6-3-4-8(11)5-7-10;1-2-12-7(11)8(9)3-5-10-6-4-8;1-2/h14H,3-13H2,1-2H3;12H,2-11H2,1H3,(H,19,20);2-7H2,1H3;10H,2-6H2,1H3;2H,1H3. The van der Waals surface area contributed by atoms with Gasteiger partial charge in [0.15, 0.2) is 0 Å². The molecule has 3 N–H and O–H groups in total. The Morgan fingerprint density at radius 1 is 0.493 bits per heavy atom. The molecule has 0 spiro atoms. The number of halogens is 3. The van der Waals surface area contributed by atoms with E-state index in [1.165, 1.54) is 0 Å². The number of esters is 2. The van der Waals surface area contributed by atoms with Crippen molar-refractivity contribution in [1.82, 2.24) is 29.8 Å². The minimum absolute atomic E-state index is 0.0421. The molecule has 0 saturated carbocycles. The smallest absolute Gasteiger partial charge is 0.409 e. The summed E-state index contributed by atoms with van der Waals surface area (Å²) in [6.45, 7) is 17.4. The van der Waals surface area contributed by atoms with Crippen LogP contribution in [0.4, 0.5) is 27.6 Å². The summed E-state index contributed by atoms with van der Waals surface area (Å²) in [5.41, 5.74) is -5.65. The normalized spacial score (nSPS) is 23.0. The summed E-state index contributed by atoms with van der Waals surface area (Å²) in [4.78, 5) is 89.2. The first kappa shape index (κ1) is 64.6. The van der Waals surface area contributed by atoms with Gasteiger partial charge in [0.05, 0.1) is 33.0 Å². The lowest BCUT2D eigenvalue weighted by Gasteiger charge is -2.39. The number of ketones is 1. The monoisotopic (exact) mass is 1050 g/mol. The summed E-state index contributed by atoms with van der Waals surface area (Å²) < 4.78 is 66.8. The van der Waals surface area contributed by atoms with Crippen LogP contribution >= 0.6 is 0 Å². The number of hydrogen-bond donors (Lipinski definition) is 3. The number of hydrogen-bond acceptors (Lipinski definition) is 16. The van der Waals surface area contributed by atoms with Crippen LogP contribution < -0.4 is 5.32 Å². The Hall–Kier alpha value is -4.48. The minimum Gasteiger partial charge on any atom is -0.479 e. The number of aliphatic carboxylic acids is 1. The topological polar surface area (TPSA) is 234 Å². The maximum Gasteiger partial charge on any atom is 0.409 e. The summed E-state index contributed by atoms with van der Waals surface area (Å²) in [6, 6.07) is 0.619. The minimum atomic E-state index is -2.07. The van der Waals surface area contributed by atoms with E-state index in [0.29, 0.717) is 117 Å². The summed E-state index contributed by atoms with van der Waals surface area (Å²) >= 11 is 0. The first-order chi connectivity index (χ1) is 34.9. The van der Waals surface area contributed by atoms with Gasteiger partial charge in [-0.15, -0.1) is 0 Å². The molecule has 6 fully saturated rings. The van der Waals surface area contributed by atoms with Crippen molar-refractivity contribution in [3.8, 4) is 0 Å². The molecule has 23 heteroatoms. The molecule has 6 aliphatic heterocycles. The van der Waals surface area contributed by atoms with E-state index in [2.05, 4.69) is 19.9 Å². The predicted octanol–water partition coefficient (Wildman–Crippen LogP) is 5.70.